The van der Waals surface area contributed by atoms with Crippen molar-refractivity contribution in [2.45, 2.75) is 30.6 Å². The number of nitrogens with zero attached hydrogens (tertiary/aromatic N) is 1. The molecule has 1 aliphatic carbocycles. The number of carbonyl (C=O) groups is 1. The first-order valence-electron chi connectivity index (χ1n) is 6.05. The Bertz CT molecular complexity index is 246. The number of rotatable bonds is 8. The second kappa shape index (κ2) is 7.34. The molecular formula is C12H22BrNO3. The van der Waals surface area contributed by atoms with Crippen molar-refractivity contribution in [1.29, 1.82) is 0 Å². The van der Waals surface area contributed by atoms with E-state index in [1.165, 1.54) is 20.0 Å². The molecule has 0 aromatic heterocycles. The standard InChI is InChI=1S/C12H22BrNO3/c1-9(10-4-5-10)14(6-7-16-2)8-11(13)12(15)17-3/h9-11H,4-8H2,1-3H3. The van der Waals surface area contributed by atoms with E-state index in [4.69, 9.17) is 9.47 Å². The maximum absolute atomic E-state index is 11.4. The van der Waals surface area contributed by atoms with Crippen molar-refractivity contribution >= 4 is 21.9 Å². The Morgan fingerprint density at radius 2 is 2.12 bits per heavy atom. The number of ether oxygens (including phenoxy) is 2. The van der Waals surface area contributed by atoms with Gasteiger partial charge in [-0.05, 0) is 25.7 Å². The third-order valence-corrected chi connectivity index (χ3v) is 3.98. The molecule has 100 valence electrons. The highest BCUT2D eigenvalue weighted by Gasteiger charge is 2.33. The van der Waals surface area contributed by atoms with Crippen LogP contribution in [0, 0.1) is 5.92 Å². The number of hydrogen-bond acceptors (Lipinski definition) is 4. The van der Waals surface area contributed by atoms with Crippen molar-refractivity contribution in [3.05, 3.63) is 0 Å². The topological polar surface area (TPSA) is 38.8 Å². The van der Waals surface area contributed by atoms with Crippen LogP contribution >= 0.6 is 15.9 Å². The molecule has 0 amide bonds. The van der Waals surface area contributed by atoms with Gasteiger partial charge in [-0.3, -0.25) is 9.69 Å². The fourth-order valence-corrected chi connectivity index (χ4v) is 2.51. The highest BCUT2D eigenvalue weighted by molar-refractivity contribution is 9.10. The molecule has 1 rings (SSSR count). The lowest BCUT2D eigenvalue weighted by Gasteiger charge is -2.30. The molecule has 0 N–H and O–H groups in total. The summed E-state index contributed by atoms with van der Waals surface area (Å²) in [5.41, 5.74) is 0. The van der Waals surface area contributed by atoms with Crippen LogP contribution in [0.3, 0.4) is 0 Å². The van der Waals surface area contributed by atoms with Gasteiger partial charge in [-0.15, -0.1) is 0 Å². The maximum atomic E-state index is 11.4. The van der Waals surface area contributed by atoms with Gasteiger partial charge in [0.05, 0.1) is 13.7 Å². The van der Waals surface area contributed by atoms with Gasteiger partial charge in [0, 0.05) is 26.2 Å². The Kier molecular flexibility index (Phi) is 6.44. The molecule has 0 saturated heterocycles. The van der Waals surface area contributed by atoms with Crippen molar-refractivity contribution in [2.24, 2.45) is 5.92 Å². The van der Waals surface area contributed by atoms with Gasteiger partial charge >= 0.3 is 5.97 Å². The molecule has 0 aromatic rings. The summed E-state index contributed by atoms with van der Waals surface area (Å²) in [4.78, 5) is 13.4. The average Bonchev–Trinajstić information content (AvgIpc) is 3.16. The van der Waals surface area contributed by atoms with Gasteiger partial charge in [0.15, 0.2) is 0 Å². The minimum absolute atomic E-state index is 0.213. The number of hydrogen-bond donors (Lipinski definition) is 0. The third kappa shape index (κ3) is 4.94. The van der Waals surface area contributed by atoms with Gasteiger partial charge in [-0.2, -0.15) is 0 Å². The van der Waals surface area contributed by atoms with Gasteiger partial charge < -0.3 is 9.47 Å². The largest absolute Gasteiger partial charge is 0.468 e. The van der Waals surface area contributed by atoms with E-state index < -0.39 is 0 Å². The minimum atomic E-state index is -0.259. The summed E-state index contributed by atoms with van der Waals surface area (Å²) >= 11 is 3.38. The summed E-state index contributed by atoms with van der Waals surface area (Å²) < 4.78 is 9.85. The van der Waals surface area contributed by atoms with E-state index in [0.29, 0.717) is 19.2 Å². The summed E-state index contributed by atoms with van der Waals surface area (Å²) in [6.45, 7) is 4.45. The number of esters is 1. The lowest BCUT2D eigenvalue weighted by Crippen LogP contribution is -2.42. The van der Waals surface area contributed by atoms with E-state index in [9.17, 15) is 4.79 Å². The molecule has 0 aliphatic heterocycles. The van der Waals surface area contributed by atoms with Crippen LogP contribution in [0.15, 0.2) is 0 Å². The molecule has 1 aliphatic rings. The van der Waals surface area contributed by atoms with E-state index in [2.05, 4.69) is 27.8 Å². The molecule has 0 spiro atoms. The highest BCUT2D eigenvalue weighted by Crippen LogP contribution is 2.35. The lowest BCUT2D eigenvalue weighted by molar-refractivity contribution is -0.140. The second-order valence-corrected chi connectivity index (χ2v) is 5.66. The van der Waals surface area contributed by atoms with Crippen LogP contribution in [0.2, 0.25) is 0 Å². The van der Waals surface area contributed by atoms with Gasteiger partial charge in [0.25, 0.3) is 0 Å². The molecule has 0 aromatic carbocycles. The van der Waals surface area contributed by atoms with Gasteiger partial charge in [0.2, 0.25) is 0 Å². The van der Waals surface area contributed by atoms with E-state index in [-0.39, 0.29) is 10.8 Å². The highest BCUT2D eigenvalue weighted by atomic mass is 79.9. The van der Waals surface area contributed by atoms with Crippen LogP contribution in [0.1, 0.15) is 19.8 Å². The fourth-order valence-electron chi connectivity index (χ4n) is 1.95. The maximum Gasteiger partial charge on any atom is 0.320 e. The molecular weight excluding hydrogens is 286 g/mol. The summed E-state index contributed by atoms with van der Waals surface area (Å²) in [6, 6.07) is 0.509. The molecule has 5 heteroatoms. The van der Waals surface area contributed by atoms with Gasteiger partial charge in [-0.1, -0.05) is 15.9 Å². The SMILES string of the molecule is COCCN(CC(Br)C(=O)OC)C(C)C1CC1. The van der Waals surface area contributed by atoms with E-state index in [0.717, 1.165) is 12.5 Å². The molecule has 0 radical (unpaired) electrons. The number of carbonyl (C=O) groups excluding carboxylic acids is 1. The van der Waals surface area contributed by atoms with Crippen LogP contribution < -0.4 is 0 Å². The van der Waals surface area contributed by atoms with Gasteiger partial charge in [0.1, 0.15) is 4.83 Å². The molecule has 4 nitrogen and oxygen atoms in total. The predicted octanol–water partition coefficient (Wildman–Crippen LogP) is 1.67. The van der Waals surface area contributed by atoms with E-state index >= 15 is 0 Å². The van der Waals surface area contributed by atoms with Crippen molar-refractivity contribution in [1.82, 2.24) is 4.90 Å². The normalized spacial score (nSPS) is 19.1. The molecule has 2 atom stereocenters. The van der Waals surface area contributed by atoms with Gasteiger partial charge in [-0.25, -0.2) is 0 Å². The molecule has 1 saturated carbocycles. The Hall–Kier alpha value is -0.130. The number of halogens is 1. The first-order valence-corrected chi connectivity index (χ1v) is 6.96. The molecule has 17 heavy (non-hydrogen) atoms. The Morgan fingerprint density at radius 1 is 1.47 bits per heavy atom. The molecule has 0 heterocycles. The number of alkyl halides is 1. The monoisotopic (exact) mass is 307 g/mol. The molecule has 2 unspecified atom stereocenters. The van der Waals surface area contributed by atoms with Crippen LogP contribution in [-0.2, 0) is 14.3 Å². The van der Waals surface area contributed by atoms with E-state index in [1.807, 2.05) is 0 Å². The fraction of sp³-hybridized carbons (Fsp3) is 0.917. The minimum Gasteiger partial charge on any atom is -0.468 e. The van der Waals surface area contributed by atoms with Crippen molar-refractivity contribution in [3.63, 3.8) is 0 Å². The third-order valence-electron chi connectivity index (χ3n) is 3.31. The lowest BCUT2D eigenvalue weighted by atomic mass is 10.1. The van der Waals surface area contributed by atoms with Crippen LogP contribution in [0.25, 0.3) is 0 Å². The van der Waals surface area contributed by atoms with Crippen molar-refractivity contribution in [3.8, 4) is 0 Å². The zero-order valence-electron chi connectivity index (χ0n) is 10.8. The predicted molar refractivity (Wildman–Crippen MR) is 70.4 cm³/mol. The summed E-state index contributed by atoms with van der Waals surface area (Å²) in [5, 5.41) is 0. The summed E-state index contributed by atoms with van der Waals surface area (Å²) in [5.74, 6) is 0.569. The van der Waals surface area contributed by atoms with Crippen molar-refractivity contribution in [2.75, 3.05) is 33.9 Å². The smallest absolute Gasteiger partial charge is 0.320 e. The average molecular weight is 308 g/mol. The zero-order valence-corrected chi connectivity index (χ0v) is 12.4. The van der Waals surface area contributed by atoms with Crippen molar-refractivity contribution < 1.29 is 14.3 Å². The molecule has 0 bridgehead atoms. The summed E-state index contributed by atoms with van der Waals surface area (Å²) in [6.07, 6.45) is 2.60. The summed E-state index contributed by atoms with van der Waals surface area (Å²) in [7, 11) is 3.12. The van der Waals surface area contributed by atoms with E-state index in [1.54, 1.807) is 7.11 Å². The van der Waals surface area contributed by atoms with Crippen LogP contribution in [0.4, 0.5) is 0 Å². The van der Waals surface area contributed by atoms with Crippen LogP contribution in [0.5, 0.6) is 0 Å². The number of methoxy groups -OCH3 is 2. The van der Waals surface area contributed by atoms with Crippen LogP contribution in [-0.4, -0.2) is 55.7 Å². The Morgan fingerprint density at radius 3 is 2.59 bits per heavy atom. The second-order valence-electron chi connectivity index (χ2n) is 4.56. The first-order chi connectivity index (χ1) is 8.10. The first kappa shape index (κ1) is 14.9. The Labute approximate surface area is 112 Å². The Balaban J connectivity index is 2.46. The quantitative estimate of drug-likeness (QED) is 0.505. The zero-order chi connectivity index (χ0) is 12.8. The molecule has 1 fully saturated rings.